The van der Waals surface area contributed by atoms with Crippen molar-refractivity contribution < 1.29 is 9.63 Å². The first-order valence-corrected chi connectivity index (χ1v) is 5.55. The normalized spacial score (nSPS) is 13.7. The first-order chi connectivity index (χ1) is 6.85. The summed E-state index contributed by atoms with van der Waals surface area (Å²) in [6, 6.07) is 0.235. The van der Waals surface area contributed by atoms with E-state index < -0.39 is 0 Å². The van der Waals surface area contributed by atoms with Gasteiger partial charge < -0.3 is 5.32 Å². The molecule has 0 spiro atoms. The smallest absolute Gasteiger partial charge is 0.236 e. The highest BCUT2D eigenvalue weighted by Crippen LogP contribution is 2.02. The number of hydroxylamine groups is 1. The monoisotopic (exact) mass is 216 g/mol. The van der Waals surface area contributed by atoms with E-state index in [9.17, 15) is 4.79 Å². The van der Waals surface area contributed by atoms with E-state index in [-0.39, 0.29) is 24.1 Å². The molecule has 0 heterocycles. The van der Waals surface area contributed by atoms with Crippen LogP contribution in [0.25, 0.3) is 0 Å². The highest BCUT2D eigenvalue weighted by atomic mass is 16.7. The van der Waals surface area contributed by atoms with Crippen LogP contribution < -0.4 is 10.8 Å². The van der Waals surface area contributed by atoms with Crippen LogP contribution in [0.4, 0.5) is 0 Å². The third-order valence-corrected chi connectivity index (χ3v) is 1.74. The third kappa shape index (κ3) is 9.69. The number of hydrogen-bond acceptors (Lipinski definition) is 3. The Bertz CT molecular complexity index is 188. The Morgan fingerprint density at radius 2 is 2.00 bits per heavy atom. The molecule has 0 radical (unpaired) electrons. The fourth-order valence-electron chi connectivity index (χ4n) is 1.15. The van der Waals surface area contributed by atoms with Gasteiger partial charge >= 0.3 is 0 Å². The summed E-state index contributed by atoms with van der Waals surface area (Å²) >= 11 is 0. The highest BCUT2D eigenvalue weighted by molar-refractivity contribution is 5.78. The Kier molecular flexibility index (Phi) is 6.52. The summed E-state index contributed by atoms with van der Waals surface area (Å²) in [5, 5.41) is 2.89. The lowest BCUT2D eigenvalue weighted by molar-refractivity contribution is -0.127. The van der Waals surface area contributed by atoms with Crippen LogP contribution in [0.2, 0.25) is 0 Å². The van der Waals surface area contributed by atoms with Crippen LogP contribution in [-0.2, 0) is 9.63 Å². The second-order valence-corrected chi connectivity index (χ2v) is 4.79. The van der Waals surface area contributed by atoms with Crippen LogP contribution in [0.1, 0.15) is 47.5 Å². The summed E-state index contributed by atoms with van der Waals surface area (Å²) in [5.74, 6) is -0.0276. The standard InChI is InChI=1S/C11H24N2O2/c1-6-7-9(2)13-10(14)8-12-15-11(3,4)5/h9,12H,6-8H2,1-5H3,(H,13,14). The van der Waals surface area contributed by atoms with E-state index in [0.717, 1.165) is 12.8 Å². The minimum absolute atomic E-state index is 0.0276. The van der Waals surface area contributed by atoms with Crippen molar-refractivity contribution in [3.63, 3.8) is 0 Å². The summed E-state index contributed by atoms with van der Waals surface area (Å²) in [5.41, 5.74) is 2.39. The van der Waals surface area contributed by atoms with E-state index in [1.165, 1.54) is 0 Å². The molecule has 4 nitrogen and oxygen atoms in total. The van der Waals surface area contributed by atoms with Gasteiger partial charge in [0.15, 0.2) is 0 Å². The van der Waals surface area contributed by atoms with Crippen molar-refractivity contribution >= 4 is 5.91 Å². The quantitative estimate of drug-likeness (QED) is 0.663. The van der Waals surface area contributed by atoms with E-state index in [4.69, 9.17) is 4.84 Å². The van der Waals surface area contributed by atoms with E-state index in [1.54, 1.807) is 0 Å². The fraction of sp³-hybridized carbons (Fsp3) is 0.909. The Hall–Kier alpha value is -0.610. The number of hydrogen-bond donors (Lipinski definition) is 2. The van der Waals surface area contributed by atoms with Crippen molar-refractivity contribution in [2.75, 3.05) is 6.54 Å². The number of rotatable bonds is 6. The lowest BCUT2D eigenvalue weighted by Crippen LogP contribution is -2.41. The van der Waals surface area contributed by atoms with E-state index in [1.807, 2.05) is 27.7 Å². The lowest BCUT2D eigenvalue weighted by Gasteiger charge is -2.19. The molecule has 1 atom stereocenters. The van der Waals surface area contributed by atoms with Crippen molar-refractivity contribution in [3.05, 3.63) is 0 Å². The van der Waals surface area contributed by atoms with Gasteiger partial charge in [0.05, 0.1) is 12.1 Å². The lowest BCUT2D eigenvalue weighted by atomic mass is 10.2. The maximum Gasteiger partial charge on any atom is 0.236 e. The molecule has 0 aliphatic carbocycles. The van der Waals surface area contributed by atoms with Crippen LogP contribution >= 0.6 is 0 Å². The van der Waals surface area contributed by atoms with Gasteiger partial charge in [0.1, 0.15) is 0 Å². The van der Waals surface area contributed by atoms with Crippen LogP contribution in [0.15, 0.2) is 0 Å². The Morgan fingerprint density at radius 1 is 1.40 bits per heavy atom. The molecule has 90 valence electrons. The average molecular weight is 216 g/mol. The van der Waals surface area contributed by atoms with Gasteiger partial charge in [-0.15, -0.1) is 0 Å². The summed E-state index contributed by atoms with van der Waals surface area (Å²) < 4.78 is 0. The minimum atomic E-state index is -0.269. The minimum Gasteiger partial charge on any atom is -0.352 e. The van der Waals surface area contributed by atoms with Crippen LogP contribution in [0.3, 0.4) is 0 Å². The Morgan fingerprint density at radius 3 is 2.47 bits per heavy atom. The molecule has 0 saturated carbocycles. The van der Waals surface area contributed by atoms with Gasteiger partial charge in [0.25, 0.3) is 0 Å². The molecule has 0 rings (SSSR count). The molecule has 0 aliphatic heterocycles. The predicted molar refractivity (Wildman–Crippen MR) is 61.4 cm³/mol. The summed E-state index contributed by atoms with van der Waals surface area (Å²) in [7, 11) is 0. The predicted octanol–water partition coefficient (Wildman–Crippen LogP) is 1.61. The molecule has 0 saturated heterocycles. The molecule has 0 fully saturated rings. The van der Waals surface area contributed by atoms with Crippen molar-refractivity contribution in [1.29, 1.82) is 0 Å². The molecular weight excluding hydrogens is 192 g/mol. The summed E-state index contributed by atoms with van der Waals surface area (Å²) in [6.45, 7) is 10.1. The molecule has 0 aromatic carbocycles. The molecule has 0 bridgehead atoms. The van der Waals surface area contributed by atoms with E-state index in [0.29, 0.717) is 0 Å². The van der Waals surface area contributed by atoms with Gasteiger partial charge in [-0.25, -0.2) is 0 Å². The largest absolute Gasteiger partial charge is 0.352 e. The fourth-order valence-corrected chi connectivity index (χ4v) is 1.15. The van der Waals surface area contributed by atoms with Crippen LogP contribution in [0, 0.1) is 0 Å². The third-order valence-electron chi connectivity index (χ3n) is 1.74. The van der Waals surface area contributed by atoms with Gasteiger partial charge in [-0.05, 0) is 34.1 Å². The first kappa shape index (κ1) is 14.4. The topological polar surface area (TPSA) is 50.4 Å². The van der Waals surface area contributed by atoms with E-state index in [2.05, 4.69) is 17.7 Å². The average Bonchev–Trinajstić information content (AvgIpc) is 2.01. The molecule has 0 aromatic rings. The SMILES string of the molecule is CCCC(C)NC(=O)CNOC(C)(C)C. The summed E-state index contributed by atoms with van der Waals surface area (Å²) in [6.07, 6.45) is 2.08. The molecule has 4 heteroatoms. The van der Waals surface area contributed by atoms with Gasteiger partial charge in [0.2, 0.25) is 5.91 Å². The molecular formula is C11H24N2O2. The number of nitrogens with one attached hydrogen (secondary N) is 2. The molecule has 0 aliphatic rings. The second kappa shape index (κ2) is 6.80. The zero-order valence-corrected chi connectivity index (χ0v) is 10.5. The number of carbonyl (C=O) groups is 1. The van der Waals surface area contributed by atoms with Gasteiger partial charge in [0, 0.05) is 6.04 Å². The molecule has 0 aromatic heterocycles. The molecule has 15 heavy (non-hydrogen) atoms. The zero-order valence-electron chi connectivity index (χ0n) is 10.5. The van der Waals surface area contributed by atoms with Crippen molar-refractivity contribution in [2.24, 2.45) is 0 Å². The van der Waals surface area contributed by atoms with E-state index >= 15 is 0 Å². The van der Waals surface area contributed by atoms with Crippen molar-refractivity contribution in [1.82, 2.24) is 10.8 Å². The Balaban J connectivity index is 3.58. The zero-order chi connectivity index (χ0) is 11.9. The number of amides is 1. The van der Waals surface area contributed by atoms with Crippen LogP contribution in [0.5, 0.6) is 0 Å². The summed E-state index contributed by atoms with van der Waals surface area (Å²) in [4.78, 5) is 16.6. The van der Waals surface area contributed by atoms with Gasteiger partial charge in [-0.2, -0.15) is 5.48 Å². The maximum absolute atomic E-state index is 11.4. The van der Waals surface area contributed by atoms with Gasteiger partial charge in [-0.1, -0.05) is 13.3 Å². The molecule has 1 amide bonds. The van der Waals surface area contributed by atoms with Gasteiger partial charge in [-0.3, -0.25) is 9.63 Å². The van der Waals surface area contributed by atoms with Crippen LogP contribution in [-0.4, -0.2) is 24.1 Å². The molecule has 1 unspecified atom stereocenters. The maximum atomic E-state index is 11.4. The first-order valence-electron chi connectivity index (χ1n) is 5.55. The number of carbonyl (C=O) groups excluding carboxylic acids is 1. The Labute approximate surface area is 92.7 Å². The highest BCUT2D eigenvalue weighted by Gasteiger charge is 2.11. The second-order valence-electron chi connectivity index (χ2n) is 4.79. The van der Waals surface area contributed by atoms with Crippen molar-refractivity contribution in [3.8, 4) is 0 Å². The molecule has 2 N–H and O–H groups in total. The van der Waals surface area contributed by atoms with Crippen molar-refractivity contribution in [2.45, 2.75) is 59.1 Å².